The molecule has 1 aliphatic heterocycles. The molecule has 16 heavy (non-hydrogen) atoms. The lowest BCUT2D eigenvalue weighted by molar-refractivity contribution is 0.175. The quantitative estimate of drug-likeness (QED) is 0.829. The first-order chi connectivity index (χ1) is 7.68. The van der Waals surface area contributed by atoms with Crippen LogP contribution in [0, 0.1) is 13.8 Å². The Kier molecular flexibility index (Phi) is 3.25. The van der Waals surface area contributed by atoms with Crippen LogP contribution in [0.4, 0.5) is 0 Å². The summed E-state index contributed by atoms with van der Waals surface area (Å²) >= 11 is 0. The van der Waals surface area contributed by atoms with Gasteiger partial charge in [-0.25, -0.2) is 0 Å². The van der Waals surface area contributed by atoms with Crippen LogP contribution in [0.1, 0.15) is 35.8 Å². The first kappa shape index (κ1) is 11.1. The fourth-order valence-corrected chi connectivity index (χ4v) is 1.97. The number of allylic oxidation sites excluding steroid dienone is 1. The molecule has 0 saturated heterocycles. The van der Waals surface area contributed by atoms with Crippen LogP contribution in [-0.4, -0.2) is 11.6 Å². The molecule has 1 aromatic rings. The fourth-order valence-electron chi connectivity index (χ4n) is 1.97. The van der Waals surface area contributed by atoms with E-state index in [-0.39, 0.29) is 6.04 Å². The van der Waals surface area contributed by atoms with E-state index in [4.69, 9.17) is 10.5 Å². The number of hydrogen-bond acceptors (Lipinski definition) is 3. The molecular formula is C13H18N2O. The van der Waals surface area contributed by atoms with Crippen LogP contribution in [0.5, 0.6) is 0 Å². The Morgan fingerprint density at radius 1 is 1.38 bits per heavy atom. The van der Waals surface area contributed by atoms with Gasteiger partial charge in [-0.3, -0.25) is 4.98 Å². The normalized spacial score (nSPS) is 17.6. The van der Waals surface area contributed by atoms with Crippen molar-refractivity contribution < 1.29 is 4.74 Å². The molecule has 2 N–H and O–H groups in total. The van der Waals surface area contributed by atoms with Crippen molar-refractivity contribution in [2.75, 3.05) is 6.61 Å². The summed E-state index contributed by atoms with van der Waals surface area (Å²) in [6.07, 6.45) is 4.23. The van der Waals surface area contributed by atoms with Gasteiger partial charge in [-0.05, 0) is 44.4 Å². The fraction of sp³-hybridized carbons (Fsp3) is 0.462. The molecule has 0 aromatic carbocycles. The van der Waals surface area contributed by atoms with Crippen LogP contribution in [0.25, 0.3) is 0 Å². The third-order valence-electron chi connectivity index (χ3n) is 2.87. The molecule has 1 atom stereocenters. The summed E-state index contributed by atoms with van der Waals surface area (Å²) in [7, 11) is 0. The topological polar surface area (TPSA) is 48.1 Å². The summed E-state index contributed by atoms with van der Waals surface area (Å²) in [6, 6.07) is 3.86. The van der Waals surface area contributed by atoms with Crippen LogP contribution in [0.3, 0.4) is 0 Å². The van der Waals surface area contributed by atoms with E-state index in [1.165, 1.54) is 0 Å². The Bertz CT molecular complexity index is 412. The number of nitrogens with two attached hydrogens (primary N) is 1. The second kappa shape index (κ2) is 4.66. The van der Waals surface area contributed by atoms with Gasteiger partial charge in [-0.2, -0.15) is 0 Å². The maximum absolute atomic E-state index is 6.19. The third kappa shape index (κ3) is 2.25. The van der Waals surface area contributed by atoms with Crippen LogP contribution >= 0.6 is 0 Å². The predicted molar refractivity (Wildman–Crippen MR) is 63.9 cm³/mol. The first-order valence-corrected chi connectivity index (χ1v) is 5.71. The molecule has 0 amide bonds. The van der Waals surface area contributed by atoms with Crippen molar-refractivity contribution in [3.8, 4) is 0 Å². The molecule has 0 bridgehead atoms. The number of aryl methyl sites for hydroxylation is 2. The van der Waals surface area contributed by atoms with Gasteiger partial charge in [-0.15, -0.1) is 0 Å². The van der Waals surface area contributed by atoms with Gasteiger partial charge in [0.05, 0.1) is 12.6 Å². The molecule has 0 saturated carbocycles. The Morgan fingerprint density at radius 2 is 2.19 bits per heavy atom. The second-order valence-corrected chi connectivity index (χ2v) is 4.20. The molecule has 86 valence electrons. The molecule has 3 heteroatoms. The lowest BCUT2D eigenvalue weighted by atomic mass is 10.0. The van der Waals surface area contributed by atoms with E-state index in [1.807, 2.05) is 26.0 Å². The van der Waals surface area contributed by atoms with Crippen molar-refractivity contribution in [2.45, 2.75) is 32.7 Å². The van der Waals surface area contributed by atoms with E-state index in [9.17, 15) is 0 Å². The van der Waals surface area contributed by atoms with Crippen LogP contribution < -0.4 is 5.73 Å². The van der Waals surface area contributed by atoms with Gasteiger partial charge in [0, 0.05) is 11.4 Å². The average molecular weight is 218 g/mol. The van der Waals surface area contributed by atoms with Crippen molar-refractivity contribution in [1.29, 1.82) is 0 Å². The number of ether oxygens (including phenoxy) is 1. The van der Waals surface area contributed by atoms with E-state index in [1.54, 1.807) is 0 Å². The molecule has 3 nitrogen and oxygen atoms in total. The Hall–Kier alpha value is -1.35. The number of pyridine rings is 1. The zero-order valence-corrected chi connectivity index (χ0v) is 9.86. The summed E-state index contributed by atoms with van der Waals surface area (Å²) in [5.74, 6) is 0.889. The largest absolute Gasteiger partial charge is 0.496 e. The zero-order chi connectivity index (χ0) is 11.5. The lowest BCUT2D eigenvalue weighted by Gasteiger charge is -2.21. The molecule has 0 spiro atoms. The summed E-state index contributed by atoms with van der Waals surface area (Å²) in [4.78, 5) is 4.43. The lowest BCUT2D eigenvalue weighted by Crippen LogP contribution is -2.19. The van der Waals surface area contributed by atoms with Crippen molar-refractivity contribution in [3.05, 3.63) is 40.9 Å². The minimum Gasteiger partial charge on any atom is -0.496 e. The number of aromatic nitrogens is 1. The average Bonchev–Trinajstić information content (AvgIpc) is 2.29. The van der Waals surface area contributed by atoms with Gasteiger partial charge < -0.3 is 10.5 Å². The highest BCUT2D eigenvalue weighted by Gasteiger charge is 2.17. The van der Waals surface area contributed by atoms with Crippen molar-refractivity contribution >= 4 is 0 Å². The smallest absolute Gasteiger partial charge is 0.113 e. The van der Waals surface area contributed by atoms with Crippen molar-refractivity contribution in [3.63, 3.8) is 0 Å². The van der Waals surface area contributed by atoms with Gasteiger partial charge in [0.1, 0.15) is 5.76 Å². The van der Waals surface area contributed by atoms with Crippen molar-refractivity contribution in [2.24, 2.45) is 5.73 Å². The van der Waals surface area contributed by atoms with Gasteiger partial charge in [0.15, 0.2) is 0 Å². The van der Waals surface area contributed by atoms with Gasteiger partial charge in [-0.1, -0.05) is 6.07 Å². The summed E-state index contributed by atoms with van der Waals surface area (Å²) in [6.45, 7) is 4.75. The minimum absolute atomic E-state index is 0.173. The van der Waals surface area contributed by atoms with E-state index >= 15 is 0 Å². The molecular weight excluding hydrogens is 200 g/mol. The SMILES string of the molecule is Cc1ccc(C(N)C2=CCCCO2)c(C)n1. The highest BCUT2D eigenvalue weighted by molar-refractivity contribution is 5.30. The summed E-state index contributed by atoms with van der Waals surface area (Å²) in [5.41, 5.74) is 9.25. The minimum atomic E-state index is -0.173. The Balaban J connectivity index is 2.26. The van der Waals surface area contributed by atoms with E-state index in [2.05, 4.69) is 11.1 Å². The standard InChI is InChI=1S/C13H18N2O/c1-9-6-7-11(10(2)15-9)13(14)12-5-3-4-8-16-12/h5-7,13H,3-4,8,14H2,1-2H3. The van der Waals surface area contributed by atoms with E-state index < -0.39 is 0 Å². The van der Waals surface area contributed by atoms with Crippen LogP contribution in [0.2, 0.25) is 0 Å². The molecule has 1 unspecified atom stereocenters. The number of rotatable bonds is 2. The van der Waals surface area contributed by atoms with Crippen molar-refractivity contribution in [1.82, 2.24) is 4.98 Å². The highest BCUT2D eigenvalue weighted by Crippen LogP contribution is 2.25. The second-order valence-electron chi connectivity index (χ2n) is 4.20. The zero-order valence-electron chi connectivity index (χ0n) is 9.86. The van der Waals surface area contributed by atoms with Gasteiger partial charge in [0.25, 0.3) is 0 Å². The molecule has 0 aliphatic carbocycles. The number of hydrogen-bond donors (Lipinski definition) is 1. The summed E-state index contributed by atoms with van der Waals surface area (Å²) in [5, 5.41) is 0. The molecule has 0 fully saturated rings. The Labute approximate surface area is 96.3 Å². The highest BCUT2D eigenvalue weighted by atomic mass is 16.5. The van der Waals surface area contributed by atoms with Gasteiger partial charge in [0.2, 0.25) is 0 Å². The van der Waals surface area contributed by atoms with Crippen LogP contribution in [-0.2, 0) is 4.74 Å². The maximum atomic E-state index is 6.19. The monoisotopic (exact) mass is 218 g/mol. The third-order valence-corrected chi connectivity index (χ3v) is 2.87. The predicted octanol–water partition coefficient (Wildman–Crippen LogP) is 2.39. The van der Waals surface area contributed by atoms with E-state index in [0.717, 1.165) is 42.2 Å². The number of nitrogens with zero attached hydrogens (tertiary/aromatic N) is 1. The molecule has 2 rings (SSSR count). The van der Waals surface area contributed by atoms with E-state index in [0.29, 0.717) is 0 Å². The molecule has 0 radical (unpaired) electrons. The maximum Gasteiger partial charge on any atom is 0.113 e. The first-order valence-electron chi connectivity index (χ1n) is 5.71. The van der Waals surface area contributed by atoms with Gasteiger partial charge >= 0.3 is 0 Å². The molecule has 2 heterocycles. The molecule has 1 aromatic heterocycles. The van der Waals surface area contributed by atoms with Crippen LogP contribution in [0.15, 0.2) is 24.0 Å². The summed E-state index contributed by atoms with van der Waals surface area (Å²) < 4.78 is 5.59. The molecule has 1 aliphatic rings. The Morgan fingerprint density at radius 3 is 2.81 bits per heavy atom.